The molecule has 2 aromatic rings. The number of benzene rings is 2. The molecule has 0 atom stereocenters. The minimum atomic E-state index is -0.306. The van der Waals surface area contributed by atoms with Gasteiger partial charge in [-0.2, -0.15) is 0 Å². The summed E-state index contributed by atoms with van der Waals surface area (Å²) in [5.41, 5.74) is 2.73. The predicted octanol–water partition coefficient (Wildman–Crippen LogP) is 3.45. The molecule has 4 heteroatoms. The Kier molecular flexibility index (Phi) is 4.70. The first-order valence-electron chi connectivity index (χ1n) is 6.77. The number of hydrogen-bond acceptors (Lipinski definition) is 2. The maximum Gasteiger partial charge on any atom is 0.255 e. The summed E-state index contributed by atoms with van der Waals surface area (Å²) < 4.78 is 13.3. The Balaban J connectivity index is 2.21. The fourth-order valence-corrected chi connectivity index (χ4v) is 2.10. The molecule has 0 heterocycles. The Bertz CT molecular complexity index is 653. The lowest BCUT2D eigenvalue weighted by Crippen LogP contribution is -2.16. The molecule has 0 aliphatic carbocycles. The third-order valence-corrected chi connectivity index (χ3v) is 3.17. The largest absolute Gasteiger partial charge is 0.322 e. The second-order valence-electron chi connectivity index (χ2n) is 5.31. The molecule has 2 aromatic carbocycles. The highest BCUT2D eigenvalue weighted by Gasteiger charge is 2.10. The van der Waals surface area contributed by atoms with Crippen LogP contribution in [0.2, 0.25) is 0 Å². The van der Waals surface area contributed by atoms with Crippen molar-refractivity contribution in [2.45, 2.75) is 13.5 Å². The molecule has 0 radical (unpaired) electrons. The van der Waals surface area contributed by atoms with Crippen LogP contribution in [0, 0.1) is 12.7 Å². The van der Waals surface area contributed by atoms with Gasteiger partial charge in [0.25, 0.3) is 5.91 Å². The molecule has 0 saturated heterocycles. The van der Waals surface area contributed by atoms with Gasteiger partial charge in [-0.1, -0.05) is 18.2 Å². The number of para-hydroxylation sites is 1. The molecule has 0 spiro atoms. The predicted molar refractivity (Wildman–Crippen MR) is 82.9 cm³/mol. The molecule has 0 bridgehead atoms. The minimum absolute atomic E-state index is 0.232. The second-order valence-corrected chi connectivity index (χ2v) is 5.31. The lowest BCUT2D eigenvalue weighted by molar-refractivity contribution is 0.102. The Labute approximate surface area is 124 Å². The van der Waals surface area contributed by atoms with Crippen molar-refractivity contribution in [3.05, 3.63) is 65.0 Å². The molecular formula is C17H19FN2O. The van der Waals surface area contributed by atoms with E-state index in [-0.39, 0.29) is 11.7 Å². The van der Waals surface area contributed by atoms with Crippen LogP contribution in [0.4, 0.5) is 10.1 Å². The molecule has 3 nitrogen and oxygen atoms in total. The van der Waals surface area contributed by atoms with Crippen molar-refractivity contribution in [2.75, 3.05) is 19.4 Å². The summed E-state index contributed by atoms with van der Waals surface area (Å²) in [7, 11) is 3.95. The van der Waals surface area contributed by atoms with Crippen LogP contribution in [0.1, 0.15) is 21.5 Å². The summed E-state index contributed by atoms with van der Waals surface area (Å²) in [5.74, 6) is -0.538. The summed E-state index contributed by atoms with van der Waals surface area (Å²) >= 11 is 0. The molecule has 1 amide bonds. The average Bonchev–Trinajstić information content (AvgIpc) is 2.43. The number of carbonyl (C=O) groups is 1. The van der Waals surface area contributed by atoms with E-state index in [2.05, 4.69) is 5.32 Å². The number of hydrogen-bond donors (Lipinski definition) is 1. The number of amides is 1. The van der Waals surface area contributed by atoms with Gasteiger partial charge in [0.15, 0.2) is 0 Å². The van der Waals surface area contributed by atoms with Crippen LogP contribution < -0.4 is 5.32 Å². The van der Waals surface area contributed by atoms with Gasteiger partial charge in [0.1, 0.15) is 5.82 Å². The Hall–Kier alpha value is -2.20. The highest BCUT2D eigenvalue weighted by atomic mass is 19.1. The smallest absolute Gasteiger partial charge is 0.255 e. The third-order valence-electron chi connectivity index (χ3n) is 3.17. The molecule has 0 aliphatic rings. The number of anilines is 1. The summed E-state index contributed by atoms with van der Waals surface area (Å²) in [6.07, 6.45) is 0. The maximum absolute atomic E-state index is 13.3. The summed E-state index contributed by atoms with van der Waals surface area (Å²) in [4.78, 5) is 14.3. The maximum atomic E-state index is 13.3. The van der Waals surface area contributed by atoms with Crippen molar-refractivity contribution in [2.24, 2.45) is 0 Å². The normalized spacial score (nSPS) is 10.7. The molecule has 0 aromatic heterocycles. The van der Waals surface area contributed by atoms with E-state index in [0.29, 0.717) is 11.1 Å². The van der Waals surface area contributed by atoms with Gasteiger partial charge in [-0.05, 0) is 56.4 Å². The van der Waals surface area contributed by atoms with E-state index < -0.39 is 0 Å². The fraction of sp³-hybridized carbons (Fsp3) is 0.235. The molecule has 110 valence electrons. The van der Waals surface area contributed by atoms with E-state index in [0.717, 1.165) is 17.8 Å². The van der Waals surface area contributed by atoms with Gasteiger partial charge in [0, 0.05) is 17.8 Å². The number of nitrogens with zero attached hydrogens (tertiary/aromatic N) is 1. The van der Waals surface area contributed by atoms with Crippen LogP contribution in [0.3, 0.4) is 0 Å². The van der Waals surface area contributed by atoms with Crippen molar-refractivity contribution in [3.63, 3.8) is 0 Å². The number of aryl methyl sites for hydroxylation is 1. The topological polar surface area (TPSA) is 32.3 Å². The molecule has 21 heavy (non-hydrogen) atoms. The second kappa shape index (κ2) is 6.50. The fourth-order valence-electron chi connectivity index (χ4n) is 2.10. The molecular weight excluding hydrogens is 267 g/mol. The summed E-state index contributed by atoms with van der Waals surface area (Å²) in [6, 6.07) is 12.0. The molecule has 0 fully saturated rings. The van der Waals surface area contributed by atoms with Crippen LogP contribution in [0.5, 0.6) is 0 Å². The van der Waals surface area contributed by atoms with Gasteiger partial charge in [0.2, 0.25) is 0 Å². The van der Waals surface area contributed by atoms with Crippen LogP contribution in [0.15, 0.2) is 42.5 Å². The number of halogens is 1. The van der Waals surface area contributed by atoms with E-state index in [1.165, 1.54) is 12.1 Å². The van der Waals surface area contributed by atoms with Crippen molar-refractivity contribution < 1.29 is 9.18 Å². The zero-order valence-electron chi connectivity index (χ0n) is 12.5. The third kappa shape index (κ3) is 3.89. The molecule has 0 saturated carbocycles. The highest BCUT2D eigenvalue weighted by molar-refractivity contribution is 6.04. The SMILES string of the molecule is Cc1cc(C(=O)Nc2ccccc2CN(C)C)ccc1F. The van der Waals surface area contributed by atoms with Gasteiger partial charge in [0.05, 0.1) is 0 Å². The van der Waals surface area contributed by atoms with Crippen molar-refractivity contribution in [1.82, 2.24) is 4.90 Å². The minimum Gasteiger partial charge on any atom is -0.322 e. The van der Waals surface area contributed by atoms with Crippen LogP contribution in [-0.4, -0.2) is 24.9 Å². The van der Waals surface area contributed by atoms with Gasteiger partial charge in [-0.15, -0.1) is 0 Å². The number of carbonyl (C=O) groups excluding carboxylic acids is 1. The van der Waals surface area contributed by atoms with E-state index in [4.69, 9.17) is 0 Å². The Morgan fingerprint density at radius 2 is 1.90 bits per heavy atom. The molecule has 0 aliphatic heterocycles. The van der Waals surface area contributed by atoms with E-state index in [1.807, 2.05) is 43.3 Å². The molecule has 2 rings (SSSR count). The molecule has 0 unspecified atom stereocenters. The number of nitrogens with one attached hydrogen (secondary N) is 1. The van der Waals surface area contributed by atoms with Crippen molar-refractivity contribution in [1.29, 1.82) is 0 Å². The van der Waals surface area contributed by atoms with Gasteiger partial charge in [-0.3, -0.25) is 4.79 Å². The van der Waals surface area contributed by atoms with Crippen LogP contribution in [0.25, 0.3) is 0 Å². The average molecular weight is 286 g/mol. The number of rotatable bonds is 4. The quantitative estimate of drug-likeness (QED) is 0.933. The highest BCUT2D eigenvalue weighted by Crippen LogP contribution is 2.18. The van der Waals surface area contributed by atoms with E-state index in [9.17, 15) is 9.18 Å². The summed E-state index contributed by atoms with van der Waals surface area (Å²) in [6.45, 7) is 2.38. The summed E-state index contributed by atoms with van der Waals surface area (Å²) in [5, 5.41) is 2.89. The van der Waals surface area contributed by atoms with Crippen LogP contribution in [-0.2, 0) is 6.54 Å². The van der Waals surface area contributed by atoms with E-state index in [1.54, 1.807) is 13.0 Å². The first-order valence-corrected chi connectivity index (χ1v) is 6.77. The van der Waals surface area contributed by atoms with E-state index >= 15 is 0 Å². The van der Waals surface area contributed by atoms with Crippen LogP contribution >= 0.6 is 0 Å². The van der Waals surface area contributed by atoms with Crippen molar-refractivity contribution >= 4 is 11.6 Å². The Morgan fingerprint density at radius 3 is 2.57 bits per heavy atom. The lowest BCUT2D eigenvalue weighted by atomic mass is 10.1. The zero-order chi connectivity index (χ0) is 15.4. The van der Waals surface area contributed by atoms with Gasteiger partial charge < -0.3 is 10.2 Å². The standard InChI is InChI=1S/C17H19FN2O/c1-12-10-13(8-9-15(12)18)17(21)19-16-7-5-4-6-14(16)11-20(2)3/h4-10H,11H2,1-3H3,(H,19,21). The molecule has 1 N–H and O–H groups in total. The van der Waals surface area contributed by atoms with Crippen molar-refractivity contribution in [3.8, 4) is 0 Å². The first-order chi connectivity index (χ1) is 9.97. The Morgan fingerprint density at radius 1 is 1.19 bits per heavy atom. The van der Waals surface area contributed by atoms with Gasteiger partial charge in [-0.25, -0.2) is 4.39 Å². The monoisotopic (exact) mass is 286 g/mol. The zero-order valence-corrected chi connectivity index (χ0v) is 12.5. The first kappa shape index (κ1) is 15.2. The van der Waals surface area contributed by atoms with Gasteiger partial charge >= 0.3 is 0 Å². The lowest BCUT2D eigenvalue weighted by Gasteiger charge is -2.15.